The minimum absolute atomic E-state index is 0.134. The smallest absolute Gasteiger partial charge is 0.257 e. The minimum atomic E-state index is -0.134. The lowest BCUT2D eigenvalue weighted by Gasteiger charge is -2.19. The first kappa shape index (κ1) is 16.2. The van der Waals surface area contributed by atoms with Gasteiger partial charge in [0.05, 0.1) is 19.8 Å². The molecule has 5 heteroatoms. The molecule has 2 aromatic carbocycles. The molecule has 2 aromatic rings. The van der Waals surface area contributed by atoms with Gasteiger partial charge < -0.3 is 14.4 Å². The van der Waals surface area contributed by atoms with E-state index in [0.717, 1.165) is 5.56 Å². The van der Waals surface area contributed by atoms with Crippen molar-refractivity contribution in [3.8, 4) is 11.5 Å². The maximum atomic E-state index is 12.6. The standard InChI is InChI=1S/C17H18ClNO3/c1-19(11-12-4-6-13(18)7-5-12)17(20)15-10-14(21-2)8-9-16(15)22-3/h4-10H,11H2,1-3H3. The molecule has 0 saturated heterocycles. The summed E-state index contributed by atoms with van der Waals surface area (Å²) in [6.45, 7) is 0.483. The van der Waals surface area contributed by atoms with Crippen LogP contribution in [0.5, 0.6) is 11.5 Å². The van der Waals surface area contributed by atoms with Crippen LogP contribution in [0.15, 0.2) is 42.5 Å². The van der Waals surface area contributed by atoms with Crippen LogP contribution in [0.3, 0.4) is 0 Å². The summed E-state index contributed by atoms with van der Waals surface area (Å²) >= 11 is 5.87. The highest BCUT2D eigenvalue weighted by Crippen LogP contribution is 2.25. The normalized spacial score (nSPS) is 10.2. The molecule has 4 nitrogen and oxygen atoms in total. The van der Waals surface area contributed by atoms with Gasteiger partial charge in [0, 0.05) is 18.6 Å². The monoisotopic (exact) mass is 319 g/mol. The van der Waals surface area contributed by atoms with Crippen molar-refractivity contribution >= 4 is 17.5 Å². The summed E-state index contributed by atoms with van der Waals surface area (Å²) in [5.74, 6) is 1.00. The molecule has 0 aliphatic rings. The minimum Gasteiger partial charge on any atom is -0.497 e. The van der Waals surface area contributed by atoms with E-state index >= 15 is 0 Å². The van der Waals surface area contributed by atoms with Crippen molar-refractivity contribution in [1.29, 1.82) is 0 Å². The summed E-state index contributed by atoms with van der Waals surface area (Å²) < 4.78 is 10.4. The molecule has 116 valence electrons. The number of rotatable bonds is 5. The Bertz CT molecular complexity index is 655. The van der Waals surface area contributed by atoms with Crippen molar-refractivity contribution < 1.29 is 14.3 Å². The van der Waals surface area contributed by atoms with Gasteiger partial charge >= 0.3 is 0 Å². The molecule has 0 bridgehead atoms. The molecule has 0 aliphatic carbocycles. The van der Waals surface area contributed by atoms with Crippen molar-refractivity contribution in [2.45, 2.75) is 6.54 Å². The Morgan fingerprint density at radius 1 is 1.09 bits per heavy atom. The summed E-state index contributed by atoms with van der Waals surface area (Å²) in [6, 6.07) is 12.6. The second kappa shape index (κ2) is 7.18. The zero-order chi connectivity index (χ0) is 16.1. The molecule has 2 rings (SSSR count). The molecular weight excluding hydrogens is 302 g/mol. The van der Waals surface area contributed by atoms with Crippen LogP contribution < -0.4 is 9.47 Å². The Morgan fingerprint density at radius 2 is 1.77 bits per heavy atom. The predicted molar refractivity (Wildman–Crippen MR) is 86.8 cm³/mol. The van der Waals surface area contributed by atoms with Crippen molar-refractivity contribution in [2.75, 3.05) is 21.3 Å². The maximum Gasteiger partial charge on any atom is 0.257 e. The first-order valence-electron chi connectivity index (χ1n) is 6.77. The van der Waals surface area contributed by atoms with Gasteiger partial charge in [0.2, 0.25) is 0 Å². The van der Waals surface area contributed by atoms with E-state index < -0.39 is 0 Å². The van der Waals surface area contributed by atoms with Gasteiger partial charge in [-0.15, -0.1) is 0 Å². The Kier molecular flexibility index (Phi) is 5.28. The van der Waals surface area contributed by atoms with E-state index in [1.807, 2.05) is 12.1 Å². The molecule has 22 heavy (non-hydrogen) atoms. The summed E-state index contributed by atoms with van der Waals surface area (Å²) in [4.78, 5) is 14.3. The van der Waals surface area contributed by atoms with Gasteiger partial charge in [-0.2, -0.15) is 0 Å². The van der Waals surface area contributed by atoms with Crippen LogP contribution in [0.2, 0.25) is 5.02 Å². The number of amides is 1. The van der Waals surface area contributed by atoms with Gasteiger partial charge in [0.25, 0.3) is 5.91 Å². The largest absolute Gasteiger partial charge is 0.497 e. The second-order valence-corrected chi connectivity index (χ2v) is 5.29. The Morgan fingerprint density at radius 3 is 2.36 bits per heavy atom. The zero-order valence-corrected chi connectivity index (χ0v) is 13.6. The summed E-state index contributed by atoms with van der Waals surface area (Å²) in [5.41, 5.74) is 1.47. The molecule has 0 aliphatic heterocycles. The number of hydrogen-bond acceptors (Lipinski definition) is 3. The molecule has 0 heterocycles. The van der Waals surface area contributed by atoms with Crippen LogP contribution in [0.4, 0.5) is 0 Å². The van der Waals surface area contributed by atoms with Gasteiger partial charge in [-0.3, -0.25) is 4.79 Å². The summed E-state index contributed by atoms with van der Waals surface area (Å²) in [7, 11) is 4.85. The van der Waals surface area contributed by atoms with E-state index in [1.54, 1.807) is 49.4 Å². The fourth-order valence-electron chi connectivity index (χ4n) is 2.12. The Hall–Kier alpha value is -2.20. The first-order valence-corrected chi connectivity index (χ1v) is 7.15. The van der Waals surface area contributed by atoms with Gasteiger partial charge in [0.15, 0.2) is 0 Å². The molecule has 0 spiro atoms. The van der Waals surface area contributed by atoms with E-state index in [4.69, 9.17) is 21.1 Å². The Balaban J connectivity index is 2.21. The van der Waals surface area contributed by atoms with E-state index in [2.05, 4.69) is 0 Å². The fraction of sp³-hybridized carbons (Fsp3) is 0.235. The van der Waals surface area contributed by atoms with Crippen LogP contribution in [0.1, 0.15) is 15.9 Å². The SMILES string of the molecule is COc1ccc(OC)c(C(=O)N(C)Cc2ccc(Cl)cc2)c1. The highest BCUT2D eigenvalue weighted by molar-refractivity contribution is 6.30. The number of hydrogen-bond donors (Lipinski definition) is 0. The molecule has 0 unspecified atom stereocenters. The lowest BCUT2D eigenvalue weighted by molar-refractivity contribution is 0.0781. The number of methoxy groups -OCH3 is 2. The van der Waals surface area contributed by atoms with Crippen LogP contribution in [-0.2, 0) is 6.54 Å². The van der Waals surface area contributed by atoms with E-state index in [1.165, 1.54) is 7.11 Å². The lowest BCUT2D eigenvalue weighted by atomic mass is 10.1. The van der Waals surface area contributed by atoms with E-state index in [9.17, 15) is 4.79 Å². The van der Waals surface area contributed by atoms with Crippen molar-refractivity contribution in [3.05, 3.63) is 58.6 Å². The predicted octanol–water partition coefficient (Wildman–Crippen LogP) is 3.63. The van der Waals surface area contributed by atoms with Crippen molar-refractivity contribution in [3.63, 3.8) is 0 Å². The first-order chi connectivity index (χ1) is 10.5. The quantitative estimate of drug-likeness (QED) is 0.844. The molecule has 0 N–H and O–H groups in total. The highest BCUT2D eigenvalue weighted by Gasteiger charge is 2.18. The third kappa shape index (κ3) is 3.71. The van der Waals surface area contributed by atoms with Crippen LogP contribution in [-0.4, -0.2) is 32.1 Å². The molecule has 0 atom stereocenters. The molecule has 1 amide bonds. The number of ether oxygens (including phenoxy) is 2. The molecule has 0 saturated carbocycles. The average Bonchev–Trinajstić information content (AvgIpc) is 2.55. The summed E-state index contributed by atoms with van der Waals surface area (Å²) in [5, 5.41) is 0.673. The topological polar surface area (TPSA) is 38.8 Å². The average molecular weight is 320 g/mol. The lowest BCUT2D eigenvalue weighted by Crippen LogP contribution is -2.26. The Labute approximate surface area is 135 Å². The number of halogens is 1. The number of carbonyl (C=O) groups is 1. The zero-order valence-electron chi connectivity index (χ0n) is 12.8. The van der Waals surface area contributed by atoms with Gasteiger partial charge in [0.1, 0.15) is 11.5 Å². The second-order valence-electron chi connectivity index (χ2n) is 4.85. The van der Waals surface area contributed by atoms with Crippen LogP contribution in [0.25, 0.3) is 0 Å². The van der Waals surface area contributed by atoms with Crippen LogP contribution >= 0.6 is 11.6 Å². The summed E-state index contributed by atoms with van der Waals surface area (Å²) in [6.07, 6.45) is 0. The number of carbonyl (C=O) groups excluding carboxylic acids is 1. The number of benzene rings is 2. The maximum absolute atomic E-state index is 12.6. The third-order valence-corrected chi connectivity index (χ3v) is 3.57. The van der Waals surface area contributed by atoms with Gasteiger partial charge in [-0.05, 0) is 35.9 Å². The van der Waals surface area contributed by atoms with Crippen molar-refractivity contribution in [2.24, 2.45) is 0 Å². The van der Waals surface area contributed by atoms with Crippen molar-refractivity contribution in [1.82, 2.24) is 4.90 Å². The molecule has 0 radical (unpaired) electrons. The van der Waals surface area contributed by atoms with Gasteiger partial charge in [-0.25, -0.2) is 0 Å². The number of nitrogens with zero attached hydrogens (tertiary/aromatic N) is 1. The van der Waals surface area contributed by atoms with Gasteiger partial charge in [-0.1, -0.05) is 23.7 Å². The fourth-order valence-corrected chi connectivity index (χ4v) is 2.25. The third-order valence-electron chi connectivity index (χ3n) is 3.32. The molecular formula is C17H18ClNO3. The molecule has 0 aromatic heterocycles. The van der Waals surface area contributed by atoms with Crippen LogP contribution in [0, 0.1) is 0 Å². The molecule has 0 fully saturated rings. The van der Waals surface area contributed by atoms with E-state index in [0.29, 0.717) is 28.6 Å². The highest BCUT2D eigenvalue weighted by atomic mass is 35.5. The van der Waals surface area contributed by atoms with E-state index in [-0.39, 0.29) is 5.91 Å².